The van der Waals surface area contributed by atoms with Crippen LogP contribution in [0.5, 0.6) is 0 Å². The molecule has 5 heteroatoms. The summed E-state index contributed by atoms with van der Waals surface area (Å²) < 4.78 is 10.5. The van der Waals surface area contributed by atoms with E-state index in [2.05, 4.69) is 5.32 Å². The summed E-state index contributed by atoms with van der Waals surface area (Å²) >= 11 is 0. The molecule has 2 heterocycles. The van der Waals surface area contributed by atoms with E-state index in [1.807, 2.05) is 37.3 Å². The molecule has 0 fully saturated rings. The first-order valence-corrected chi connectivity index (χ1v) is 8.27. The number of rotatable bonds is 7. The molecule has 0 spiro atoms. The van der Waals surface area contributed by atoms with E-state index in [-0.39, 0.29) is 18.4 Å². The summed E-state index contributed by atoms with van der Waals surface area (Å²) in [4.78, 5) is 12.7. The zero-order valence-electron chi connectivity index (χ0n) is 14.0. The number of carbonyl (C=O) groups excluding carboxylic acids is 1. The fourth-order valence-corrected chi connectivity index (χ4v) is 2.94. The Morgan fingerprint density at radius 3 is 2.56 bits per heavy atom. The first-order valence-electron chi connectivity index (χ1n) is 8.27. The second kappa shape index (κ2) is 7.40. The number of carbonyl (C=O) groups is 1. The topological polar surface area (TPSA) is 75.6 Å². The van der Waals surface area contributed by atoms with Gasteiger partial charge in [-0.1, -0.05) is 37.3 Å². The number of hydrogen-bond acceptors (Lipinski definition) is 4. The van der Waals surface area contributed by atoms with Crippen molar-refractivity contribution < 1.29 is 18.7 Å². The SMILES string of the molecule is CC[C@H](C(=O)NC[C@](O)(c1ccoc1)c1ccco1)c1ccccc1. The second-order valence-electron chi connectivity index (χ2n) is 5.94. The summed E-state index contributed by atoms with van der Waals surface area (Å²) in [6, 6.07) is 14.6. The van der Waals surface area contributed by atoms with Gasteiger partial charge in [0.1, 0.15) is 5.76 Å². The molecule has 1 amide bonds. The maximum atomic E-state index is 12.7. The quantitative estimate of drug-likeness (QED) is 0.691. The molecule has 2 N–H and O–H groups in total. The fourth-order valence-electron chi connectivity index (χ4n) is 2.94. The number of furan rings is 2. The van der Waals surface area contributed by atoms with Crippen LogP contribution in [0.25, 0.3) is 0 Å². The van der Waals surface area contributed by atoms with Crippen LogP contribution < -0.4 is 5.32 Å². The molecule has 2 atom stereocenters. The van der Waals surface area contributed by atoms with Crippen molar-refractivity contribution in [1.29, 1.82) is 0 Å². The van der Waals surface area contributed by atoms with Gasteiger partial charge in [0.25, 0.3) is 0 Å². The highest BCUT2D eigenvalue weighted by Crippen LogP contribution is 2.30. The van der Waals surface area contributed by atoms with Crippen LogP contribution in [-0.4, -0.2) is 17.6 Å². The van der Waals surface area contributed by atoms with Crippen molar-refractivity contribution in [3.8, 4) is 0 Å². The summed E-state index contributed by atoms with van der Waals surface area (Å²) in [5, 5.41) is 14.0. The maximum Gasteiger partial charge on any atom is 0.227 e. The average Bonchev–Trinajstić information content (AvgIpc) is 3.35. The lowest BCUT2D eigenvalue weighted by Gasteiger charge is -2.26. The van der Waals surface area contributed by atoms with E-state index in [4.69, 9.17) is 8.83 Å². The van der Waals surface area contributed by atoms with Crippen molar-refractivity contribution in [2.75, 3.05) is 6.54 Å². The monoisotopic (exact) mass is 339 g/mol. The zero-order valence-corrected chi connectivity index (χ0v) is 14.0. The van der Waals surface area contributed by atoms with Gasteiger partial charge in [0.2, 0.25) is 5.91 Å². The van der Waals surface area contributed by atoms with Crippen LogP contribution in [0.3, 0.4) is 0 Å². The molecular formula is C20H21NO4. The number of nitrogens with one attached hydrogen (secondary N) is 1. The van der Waals surface area contributed by atoms with Gasteiger partial charge in [0.05, 0.1) is 31.3 Å². The highest BCUT2D eigenvalue weighted by molar-refractivity contribution is 5.83. The molecule has 0 saturated heterocycles. The Kier molecular flexibility index (Phi) is 5.05. The van der Waals surface area contributed by atoms with Crippen LogP contribution in [-0.2, 0) is 10.4 Å². The standard InChI is InChI=1S/C20H21NO4/c1-2-17(15-7-4-3-5-8-15)19(22)21-14-20(23,16-10-12-24-13-16)18-9-6-11-25-18/h3-13,17,23H,2,14H2,1H3,(H,21,22)/t17-,20-/m0/s1. The zero-order chi connectivity index (χ0) is 17.7. The molecular weight excluding hydrogens is 318 g/mol. The smallest absolute Gasteiger partial charge is 0.227 e. The van der Waals surface area contributed by atoms with Gasteiger partial charge in [-0.2, -0.15) is 0 Å². The van der Waals surface area contributed by atoms with E-state index >= 15 is 0 Å². The van der Waals surface area contributed by atoms with Crippen molar-refractivity contribution >= 4 is 5.91 Å². The Morgan fingerprint density at radius 1 is 1.16 bits per heavy atom. The number of amides is 1. The van der Waals surface area contributed by atoms with Crippen LogP contribution in [0, 0.1) is 0 Å². The first kappa shape index (κ1) is 17.0. The summed E-state index contributed by atoms with van der Waals surface area (Å²) in [5.41, 5.74) is -0.0101. The molecule has 0 unspecified atom stereocenters. The highest BCUT2D eigenvalue weighted by Gasteiger charge is 2.36. The summed E-state index contributed by atoms with van der Waals surface area (Å²) in [6.07, 6.45) is 5.08. The van der Waals surface area contributed by atoms with Gasteiger partial charge in [0.15, 0.2) is 5.60 Å². The van der Waals surface area contributed by atoms with Crippen molar-refractivity contribution in [3.63, 3.8) is 0 Å². The Morgan fingerprint density at radius 2 is 1.96 bits per heavy atom. The van der Waals surface area contributed by atoms with Crippen molar-refractivity contribution in [1.82, 2.24) is 5.32 Å². The lowest BCUT2D eigenvalue weighted by molar-refractivity contribution is -0.123. The van der Waals surface area contributed by atoms with E-state index in [9.17, 15) is 9.90 Å². The van der Waals surface area contributed by atoms with Crippen LogP contribution in [0.15, 0.2) is 76.2 Å². The molecule has 0 aliphatic rings. The van der Waals surface area contributed by atoms with Crippen LogP contribution in [0.2, 0.25) is 0 Å². The van der Waals surface area contributed by atoms with Crippen molar-refractivity contribution in [2.24, 2.45) is 0 Å². The first-order chi connectivity index (χ1) is 12.1. The fraction of sp³-hybridized carbons (Fsp3) is 0.250. The second-order valence-corrected chi connectivity index (χ2v) is 5.94. The van der Waals surface area contributed by atoms with Crippen LogP contribution in [0.4, 0.5) is 0 Å². The summed E-state index contributed by atoms with van der Waals surface area (Å²) in [6.45, 7) is 1.95. The molecule has 3 rings (SSSR count). The van der Waals surface area contributed by atoms with E-state index in [0.717, 1.165) is 5.56 Å². The molecule has 1 aromatic carbocycles. The molecule has 0 radical (unpaired) electrons. The predicted octanol–water partition coefficient (Wildman–Crippen LogP) is 3.42. The molecule has 5 nitrogen and oxygen atoms in total. The molecule has 130 valence electrons. The third-order valence-corrected chi connectivity index (χ3v) is 4.37. The molecule has 0 bridgehead atoms. The Labute approximate surface area is 146 Å². The third-order valence-electron chi connectivity index (χ3n) is 4.37. The number of benzene rings is 1. The normalized spacial score (nSPS) is 14.6. The predicted molar refractivity (Wildman–Crippen MR) is 92.9 cm³/mol. The Hall–Kier alpha value is -2.79. The van der Waals surface area contributed by atoms with Gasteiger partial charge < -0.3 is 19.3 Å². The van der Waals surface area contributed by atoms with Gasteiger partial charge in [0, 0.05) is 5.56 Å². The molecule has 0 saturated carbocycles. The minimum atomic E-state index is -1.48. The van der Waals surface area contributed by atoms with Crippen molar-refractivity contribution in [3.05, 3.63) is 84.2 Å². The van der Waals surface area contributed by atoms with E-state index < -0.39 is 5.60 Å². The molecule has 3 aromatic rings. The van der Waals surface area contributed by atoms with Gasteiger partial charge in [-0.3, -0.25) is 4.79 Å². The van der Waals surface area contributed by atoms with Gasteiger partial charge in [-0.05, 0) is 30.2 Å². The molecule has 0 aliphatic heterocycles. The van der Waals surface area contributed by atoms with E-state index in [0.29, 0.717) is 17.7 Å². The van der Waals surface area contributed by atoms with E-state index in [1.165, 1.54) is 18.8 Å². The summed E-state index contributed by atoms with van der Waals surface area (Å²) in [5.74, 6) is -0.0597. The number of aliphatic hydroxyl groups is 1. The van der Waals surface area contributed by atoms with E-state index in [1.54, 1.807) is 18.2 Å². The minimum Gasteiger partial charge on any atom is -0.472 e. The largest absolute Gasteiger partial charge is 0.472 e. The van der Waals surface area contributed by atoms with Crippen LogP contribution >= 0.6 is 0 Å². The molecule has 25 heavy (non-hydrogen) atoms. The lowest BCUT2D eigenvalue weighted by Crippen LogP contribution is -2.42. The van der Waals surface area contributed by atoms with Crippen molar-refractivity contribution in [2.45, 2.75) is 24.9 Å². The van der Waals surface area contributed by atoms with Gasteiger partial charge >= 0.3 is 0 Å². The van der Waals surface area contributed by atoms with Gasteiger partial charge in [-0.15, -0.1) is 0 Å². The third kappa shape index (κ3) is 3.51. The Balaban J connectivity index is 1.79. The lowest BCUT2D eigenvalue weighted by atomic mass is 9.92. The molecule has 2 aromatic heterocycles. The Bertz CT molecular complexity index is 744. The van der Waals surface area contributed by atoms with Gasteiger partial charge in [-0.25, -0.2) is 0 Å². The summed E-state index contributed by atoms with van der Waals surface area (Å²) in [7, 11) is 0. The maximum absolute atomic E-state index is 12.7. The minimum absolute atomic E-state index is 0.0117. The highest BCUT2D eigenvalue weighted by atomic mass is 16.4. The molecule has 0 aliphatic carbocycles. The average molecular weight is 339 g/mol. The number of hydrogen-bond donors (Lipinski definition) is 2. The van der Waals surface area contributed by atoms with Crippen LogP contribution in [0.1, 0.15) is 36.1 Å².